The fraction of sp³-hybridized carbons (Fsp3) is 0.571. The molecular weight excluding hydrogens is 233 g/mol. The van der Waals surface area contributed by atoms with Crippen molar-refractivity contribution in [3.8, 4) is 0 Å². The lowest BCUT2D eigenvalue weighted by Crippen LogP contribution is -2.36. The van der Waals surface area contributed by atoms with Crippen molar-refractivity contribution in [1.29, 1.82) is 0 Å². The van der Waals surface area contributed by atoms with Crippen LogP contribution in [-0.4, -0.2) is 24.4 Å². The zero-order chi connectivity index (χ0) is 12.5. The molecule has 0 bridgehead atoms. The van der Waals surface area contributed by atoms with Gasteiger partial charge in [0.2, 0.25) is 0 Å². The number of aliphatic hydroxyl groups excluding tert-OH is 1. The minimum absolute atomic E-state index is 0.0145. The molecule has 0 unspecified atom stereocenters. The van der Waals surface area contributed by atoms with Crippen molar-refractivity contribution in [3.63, 3.8) is 0 Å². The van der Waals surface area contributed by atoms with E-state index < -0.39 is 0 Å². The minimum Gasteiger partial charge on any atom is -0.396 e. The predicted molar refractivity (Wildman–Crippen MR) is 66.9 cm³/mol. The Kier molecular flexibility index (Phi) is 3.22. The van der Waals surface area contributed by atoms with Gasteiger partial charge in [0.1, 0.15) is 5.82 Å². The Bertz CT molecular complexity index is 438. The molecule has 3 nitrogen and oxygen atoms in total. The largest absolute Gasteiger partial charge is 0.396 e. The first-order chi connectivity index (χ1) is 8.79. The van der Waals surface area contributed by atoms with E-state index in [-0.39, 0.29) is 18.5 Å². The molecule has 2 N–H and O–H groups in total. The molecule has 0 radical (unpaired) electrons. The summed E-state index contributed by atoms with van der Waals surface area (Å²) in [4.78, 5) is 0. The number of hydrogen-bond acceptors (Lipinski definition) is 3. The van der Waals surface area contributed by atoms with Crippen LogP contribution in [-0.2, 0) is 4.74 Å². The van der Waals surface area contributed by atoms with E-state index in [1.54, 1.807) is 12.1 Å². The van der Waals surface area contributed by atoms with E-state index in [0.717, 1.165) is 37.1 Å². The summed E-state index contributed by atoms with van der Waals surface area (Å²) in [5.74, 6) is 0.185. The number of benzene rings is 1. The number of hydrogen-bond donors (Lipinski definition) is 2. The summed E-state index contributed by atoms with van der Waals surface area (Å²) >= 11 is 0. The molecule has 0 aromatic heterocycles. The van der Waals surface area contributed by atoms with E-state index in [0.29, 0.717) is 12.0 Å². The summed E-state index contributed by atoms with van der Waals surface area (Å²) in [6.07, 6.45) is 2.74. The van der Waals surface area contributed by atoms with Gasteiger partial charge in [0.05, 0.1) is 6.10 Å². The van der Waals surface area contributed by atoms with Crippen LogP contribution in [0.1, 0.15) is 30.9 Å². The molecule has 1 saturated heterocycles. The molecule has 3 rings (SSSR count). The second-order valence-electron chi connectivity index (χ2n) is 5.09. The van der Waals surface area contributed by atoms with Gasteiger partial charge in [0.25, 0.3) is 0 Å². The minimum atomic E-state index is -0.210. The van der Waals surface area contributed by atoms with Crippen molar-refractivity contribution in [3.05, 3.63) is 29.6 Å². The molecule has 3 atom stereocenters. The standard InChI is InChI=1S/C14H18FNO2/c15-9-3-4-13-11(8-9)14-10(5-7-18-14)12(16-13)2-1-6-17/h3-4,8,10,12,14,16-17H,1-2,5-7H2/t10-,12-,14-/m1/s1. The number of halogens is 1. The third-order valence-electron chi connectivity index (χ3n) is 3.99. The summed E-state index contributed by atoms with van der Waals surface area (Å²) in [6.45, 7) is 0.954. The molecule has 1 aromatic carbocycles. The number of ether oxygens (including phenoxy) is 1. The highest BCUT2D eigenvalue weighted by Crippen LogP contribution is 2.45. The molecule has 4 heteroatoms. The maximum absolute atomic E-state index is 13.3. The number of nitrogens with one attached hydrogen (secondary N) is 1. The zero-order valence-electron chi connectivity index (χ0n) is 10.2. The van der Waals surface area contributed by atoms with E-state index >= 15 is 0 Å². The molecule has 0 saturated carbocycles. The topological polar surface area (TPSA) is 41.5 Å². The molecular formula is C14H18FNO2. The van der Waals surface area contributed by atoms with Gasteiger partial charge in [-0.15, -0.1) is 0 Å². The van der Waals surface area contributed by atoms with Crippen LogP contribution in [0.2, 0.25) is 0 Å². The molecule has 2 aliphatic rings. The van der Waals surface area contributed by atoms with Gasteiger partial charge >= 0.3 is 0 Å². The number of anilines is 1. The van der Waals surface area contributed by atoms with E-state index in [9.17, 15) is 4.39 Å². The van der Waals surface area contributed by atoms with Crippen LogP contribution in [0.25, 0.3) is 0 Å². The Morgan fingerprint density at radius 3 is 3.17 bits per heavy atom. The zero-order valence-corrected chi connectivity index (χ0v) is 10.2. The second kappa shape index (κ2) is 4.86. The van der Waals surface area contributed by atoms with Crippen molar-refractivity contribution in [2.75, 3.05) is 18.5 Å². The third-order valence-corrected chi connectivity index (χ3v) is 3.99. The summed E-state index contributed by atoms with van der Waals surface area (Å²) in [7, 11) is 0. The molecule has 0 spiro atoms. The number of aliphatic hydroxyl groups is 1. The highest BCUT2D eigenvalue weighted by atomic mass is 19.1. The van der Waals surface area contributed by atoms with E-state index in [1.807, 2.05) is 0 Å². The maximum atomic E-state index is 13.3. The van der Waals surface area contributed by atoms with Crippen LogP contribution in [0, 0.1) is 11.7 Å². The number of rotatable bonds is 3. The Hall–Kier alpha value is -1.13. The molecule has 1 fully saturated rings. The Balaban J connectivity index is 1.89. The quantitative estimate of drug-likeness (QED) is 0.867. The van der Waals surface area contributed by atoms with Crippen molar-refractivity contribution in [1.82, 2.24) is 0 Å². The molecule has 0 aliphatic carbocycles. The van der Waals surface area contributed by atoms with Crippen LogP contribution < -0.4 is 5.32 Å². The summed E-state index contributed by atoms with van der Waals surface area (Å²) in [6, 6.07) is 5.16. The van der Waals surface area contributed by atoms with Gasteiger partial charge < -0.3 is 15.2 Å². The van der Waals surface area contributed by atoms with Crippen molar-refractivity contribution in [2.24, 2.45) is 5.92 Å². The molecule has 2 heterocycles. The number of fused-ring (bicyclic) bond motifs is 3. The lowest BCUT2D eigenvalue weighted by molar-refractivity contribution is 0.0810. The average Bonchev–Trinajstić information content (AvgIpc) is 2.86. The first-order valence-electron chi connectivity index (χ1n) is 6.58. The molecule has 1 aromatic rings. The van der Waals surface area contributed by atoms with Gasteiger partial charge in [0.15, 0.2) is 0 Å². The van der Waals surface area contributed by atoms with Gasteiger partial charge in [-0.25, -0.2) is 4.39 Å². The normalized spacial score (nSPS) is 29.6. The molecule has 98 valence electrons. The van der Waals surface area contributed by atoms with E-state index in [4.69, 9.17) is 9.84 Å². The Morgan fingerprint density at radius 2 is 2.33 bits per heavy atom. The van der Waals surface area contributed by atoms with Crippen LogP contribution in [0.4, 0.5) is 10.1 Å². The van der Waals surface area contributed by atoms with Crippen LogP contribution in [0.5, 0.6) is 0 Å². The fourth-order valence-corrected chi connectivity index (χ4v) is 3.14. The van der Waals surface area contributed by atoms with Gasteiger partial charge in [0, 0.05) is 36.4 Å². The fourth-order valence-electron chi connectivity index (χ4n) is 3.14. The van der Waals surface area contributed by atoms with Gasteiger partial charge in [-0.05, 0) is 37.5 Å². The predicted octanol–water partition coefficient (Wildman–Crippen LogP) is 2.47. The van der Waals surface area contributed by atoms with Crippen LogP contribution in [0.15, 0.2) is 18.2 Å². The monoisotopic (exact) mass is 251 g/mol. The lowest BCUT2D eigenvalue weighted by atomic mass is 9.82. The van der Waals surface area contributed by atoms with Crippen molar-refractivity contribution < 1.29 is 14.2 Å². The van der Waals surface area contributed by atoms with E-state index in [1.165, 1.54) is 6.07 Å². The highest BCUT2D eigenvalue weighted by Gasteiger charge is 2.40. The van der Waals surface area contributed by atoms with Gasteiger partial charge in [-0.3, -0.25) is 0 Å². The van der Waals surface area contributed by atoms with Crippen molar-refractivity contribution in [2.45, 2.75) is 31.4 Å². The maximum Gasteiger partial charge on any atom is 0.123 e. The third kappa shape index (κ3) is 1.99. The first-order valence-corrected chi connectivity index (χ1v) is 6.58. The van der Waals surface area contributed by atoms with Crippen LogP contribution >= 0.6 is 0 Å². The van der Waals surface area contributed by atoms with Crippen molar-refractivity contribution >= 4 is 5.69 Å². The highest BCUT2D eigenvalue weighted by molar-refractivity contribution is 5.56. The van der Waals surface area contributed by atoms with Gasteiger partial charge in [-0.1, -0.05) is 0 Å². The SMILES string of the molecule is OCCC[C@H]1Nc2ccc(F)cc2[C@@H]2OCC[C@H]12. The Morgan fingerprint density at radius 1 is 1.44 bits per heavy atom. The first kappa shape index (κ1) is 11.9. The lowest BCUT2D eigenvalue weighted by Gasteiger charge is -2.36. The summed E-state index contributed by atoms with van der Waals surface area (Å²) in [5, 5.41) is 12.4. The van der Waals surface area contributed by atoms with Crippen LogP contribution in [0.3, 0.4) is 0 Å². The summed E-state index contributed by atoms with van der Waals surface area (Å²) < 4.78 is 19.1. The molecule has 18 heavy (non-hydrogen) atoms. The van der Waals surface area contributed by atoms with E-state index in [2.05, 4.69) is 5.32 Å². The Labute approximate surface area is 106 Å². The molecule has 2 aliphatic heterocycles. The van der Waals surface area contributed by atoms with Gasteiger partial charge in [-0.2, -0.15) is 0 Å². The smallest absolute Gasteiger partial charge is 0.123 e. The second-order valence-corrected chi connectivity index (χ2v) is 5.09. The summed E-state index contributed by atoms with van der Waals surface area (Å²) in [5.41, 5.74) is 1.92. The average molecular weight is 251 g/mol. The molecule has 0 amide bonds.